The Bertz CT molecular complexity index is 1140. The van der Waals surface area contributed by atoms with Gasteiger partial charge in [0.15, 0.2) is 0 Å². The van der Waals surface area contributed by atoms with Crippen LogP contribution in [0.2, 0.25) is 0 Å². The van der Waals surface area contributed by atoms with E-state index in [0.717, 1.165) is 29.8 Å². The highest BCUT2D eigenvalue weighted by Gasteiger charge is 2.32. The van der Waals surface area contributed by atoms with E-state index < -0.39 is 10.0 Å². The molecule has 1 fully saturated rings. The van der Waals surface area contributed by atoms with Crippen molar-refractivity contribution in [2.45, 2.75) is 75.3 Å². The summed E-state index contributed by atoms with van der Waals surface area (Å²) in [6.07, 6.45) is 3.46. The van der Waals surface area contributed by atoms with Crippen LogP contribution < -0.4 is 15.4 Å². The molecule has 1 heterocycles. The first-order valence-electron chi connectivity index (χ1n) is 12.0. The average Bonchev–Trinajstić information content (AvgIpc) is 2.79. The average molecular weight is 488 g/mol. The summed E-state index contributed by atoms with van der Waals surface area (Å²) >= 11 is 0. The molecule has 0 saturated heterocycles. The molecule has 0 radical (unpaired) electrons. The molecule has 0 bridgehead atoms. The third kappa shape index (κ3) is 5.44. The summed E-state index contributed by atoms with van der Waals surface area (Å²) in [5, 5.41) is 6.33. The molecule has 2 aromatic rings. The number of carbonyl (C=O) groups is 1. The van der Waals surface area contributed by atoms with Gasteiger partial charge in [-0.3, -0.25) is 4.79 Å². The maximum Gasteiger partial charge on any atom is 0.240 e. The molecule has 1 aliphatic heterocycles. The standard InChI is InChI=1S/C26H34FN3O3S/c1-17(18-4-8-20(27)9-5-18)29-25(31)19-6-10-21(11-7-19)30-34(32,33)22-12-13-23-24(16-22)28-15-14-26(23,2)3/h4-5,8-9,12-13,16-17,19,21,28,30H,6-7,10-11,14-15H2,1-3H3,(H,29,31)/t17-,19-,21-/m1/s1. The monoisotopic (exact) mass is 487 g/mol. The van der Waals surface area contributed by atoms with Gasteiger partial charge in [-0.25, -0.2) is 17.5 Å². The Kier molecular flexibility index (Phi) is 7.01. The van der Waals surface area contributed by atoms with Crippen LogP contribution in [0.15, 0.2) is 47.4 Å². The van der Waals surface area contributed by atoms with Crippen LogP contribution in [0.25, 0.3) is 0 Å². The summed E-state index contributed by atoms with van der Waals surface area (Å²) < 4.78 is 42.1. The van der Waals surface area contributed by atoms with Crippen LogP contribution in [0.4, 0.5) is 10.1 Å². The smallest absolute Gasteiger partial charge is 0.240 e. The normalized spacial score (nSPS) is 22.8. The molecule has 2 aliphatic rings. The molecule has 1 aliphatic carbocycles. The van der Waals surface area contributed by atoms with Gasteiger partial charge < -0.3 is 10.6 Å². The number of rotatable bonds is 6. The van der Waals surface area contributed by atoms with Crippen molar-refractivity contribution < 1.29 is 17.6 Å². The first-order valence-corrected chi connectivity index (χ1v) is 13.5. The first-order chi connectivity index (χ1) is 16.0. The molecule has 8 heteroatoms. The molecule has 4 rings (SSSR count). The van der Waals surface area contributed by atoms with Crippen LogP contribution in [-0.2, 0) is 20.2 Å². The van der Waals surface area contributed by atoms with Gasteiger partial charge in [0.2, 0.25) is 15.9 Å². The summed E-state index contributed by atoms with van der Waals surface area (Å²) in [7, 11) is -3.65. The van der Waals surface area contributed by atoms with Gasteiger partial charge in [-0.15, -0.1) is 0 Å². The third-order valence-corrected chi connectivity index (χ3v) is 8.76. The molecule has 1 saturated carbocycles. The van der Waals surface area contributed by atoms with Crippen LogP contribution in [0.5, 0.6) is 0 Å². The number of amides is 1. The minimum absolute atomic E-state index is 0.0173. The molecule has 1 atom stereocenters. The minimum atomic E-state index is -3.65. The van der Waals surface area contributed by atoms with E-state index in [1.807, 2.05) is 13.0 Å². The molecule has 0 spiro atoms. The van der Waals surface area contributed by atoms with Gasteiger partial charge >= 0.3 is 0 Å². The second-order valence-corrected chi connectivity index (χ2v) is 11.9. The van der Waals surface area contributed by atoms with Crippen LogP contribution in [-0.4, -0.2) is 26.9 Å². The predicted molar refractivity (Wildman–Crippen MR) is 132 cm³/mol. The van der Waals surface area contributed by atoms with Crippen LogP contribution >= 0.6 is 0 Å². The number of halogens is 1. The molecule has 34 heavy (non-hydrogen) atoms. The second-order valence-electron chi connectivity index (χ2n) is 10.2. The van der Waals surface area contributed by atoms with E-state index in [-0.39, 0.29) is 40.0 Å². The fraction of sp³-hybridized carbons (Fsp3) is 0.500. The van der Waals surface area contributed by atoms with Gasteiger partial charge in [-0.2, -0.15) is 0 Å². The van der Waals surface area contributed by atoms with Crippen molar-refractivity contribution in [3.05, 3.63) is 59.4 Å². The Morgan fingerprint density at radius 1 is 1.09 bits per heavy atom. The van der Waals surface area contributed by atoms with Crippen molar-refractivity contribution in [1.82, 2.24) is 10.0 Å². The Hall–Kier alpha value is -2.45. The lowest BCUT2D eigenvalue weighted by molar-refractivity contribution is -0.126. The van der Waals surface area contributed by atoms with Crippen molar-refractivity contribution in [2.75, 3.05) is 11.9 Å². The Balaban J connectivity index is 1.33. The number of anilines is 1. The summed E-state index contributed by atoms with van der Waals surface area (Å²) in [6, 6.07) is 11.0. The number of benzene rings is 2. The number of hydrogen-bond acceptors (Lipinski definition) is 4. The van der Waals surface area contributed by atoms with Gasteiger partial charge in [0.25, 0.3) is 0 Å². The first kappa shape index (κ1) is 24.7. The highest BCUT2D eigenvalue weighted by Crippen LogP contribution is 2.37. The van der Waals surface area contributed by atoms with Crippen molar-refractivity contribution in [2.24, 2.45) is 5.92 Å². The SMILES string of the molecule is C[C@@H](NC(=O)[C@H]1CC[C@H](NS(=O)(=O)c2ccc3c(c2)NCCC3(C)C)CC1)c1ccc(F)cc1. The third-order valence-electron chi connectivity index (χ3n) is 7.24. The highest BCUT2D eigenvalue weighted by molar-refractivity contribution is 7.89. The van der Waals surface area contributed by atoms with Crippen molar-refractivity contribution >= 4 is 21.6 Å². The van der Waals surface area contributed by atoms with E-state index in [0.29, 0.717) is 25.7 Å². The van der Waals surface area contributed by atoms with Gasteiger partial charge in [0.1, 0.15) is 5.82 Å². The summed E-state index contributed by atoms with van der Waals surface area (Å²) in [5.41, 5.74) is 2.89. The fourth-order valence-electron chi connectivity index (χ4n) is 5.00. The zero-order valence-corrected chi connectivity index (χ0v) is 20.8. The highest BCUT2D eigenvalue weighted by atomic mass is 32.2. The fourth-order valence-corrected chi connectivity index (χ4v) is 6.33. The van der Waals surface area contributed by atoms with Crippen molar-refractivity contribution in [3.63, 3.8) is 0 Å². The Labute approximate surface area is 201 Å². The topological polar surface area (TPSA) is 87.3 Å². The molecule has 184 valence electrons. The summed E-state index contributed by atoms with van der Waals surface area (Å²) in [4.78, 5) is 13.0. The van der Waals surface area contributed by atoms with E-state index in [4.69, 9.17) is 0 Å². The second kappa shape index (κ2) is 9.66. The van der Waals surface area contributed by atoms with Crippen LogP contribution in [0, 0.1) is 11.7 Å². The number of hydrogen-bond donors (Lipinski definition) is 3. The number of fused-ring (bicyclic) bond motifs is 1. The lowest BCUT2D eigenvalue weighted by Crippen LogP contribution is -2.41. The lowest BCUT2D eigenvalue weighted by Gasteiger charge is -2.33. The van der Waals surface area contributed by atoms with Gasteiger partial charge in [0, 0.05) is 24.2 Å². The van der Waals surface area contributed by atoms with Gasteiger partial charge in [-0.05, 0) is 79.8 Å². The van der Waals surface area contributed by atoms with E-state index >= 15 is 0 Å². The summed E-state index contributed by atoms with van der Waals surface area (Å²) in [5.74, 6) is -0.501. The maximum atomic E-state index is 13.1. The number of sulfonamides is 1. The van der Waals surface area contributed by atoms with E-state index in [1.165, 1.54) is 12.1 Å². The quantitative estimate of drug-likeness (QED) is 0.554. The molecular formula is C26H34FN3O3S. The zero-order valence-electron chi connectivity index (χ0n) is 20.0. The molecular weight excluding hydrogens is 453 g/mol. The summed E-state index contributed by atoms with van der Waals surface area (Å²) in [6.45, 7) is 7.05. The van der Waals surface area contributed by atoms with Gasteiger partial charge in [0.05, 0.1) is 10.9 Å². The Morgan fingerprint density at radius 3 is 2.44 bits per heavy atom. The molecule has 2 aromatic carbocycles. The number of nitrogens with one attached hydrogen (secondary N) is 3. The molecule has 1 amide bonds. The van der Waals surface area contributed by atoms with Crippen LogP contribution in [0.3, 0.4) is 0 Å². The van der Waals surface area contributed by atoms with E-state index in [2.05, 4.69) is 29.2 Å². The largest absolute Gasteiger partial charge is 0.385 e. The van der Waals surface area contributed by atoms with Crippen molar-refractivity contribution in [3.8, 4) is 0 Å². The molecule has 0 aromatic heterocycles. The minimum Gasteiger partial charge on any atom is -0.385 e. The van der Waals surface area contributed by atoms with Crippen LogP contribution in [0.1, 0.15) is 70.0 Å². The predicted octanol–water partition coefficient (Wildman–Crippen LogP) is 4.63. The van der Waals surface area contributed by atoms with Gasteiger partial charge in [-0.1, -0.05) is 32.0 Å². The number of carbonyl (C=O) groups excluding carboxylic acids is 1. The molecule has 3 N–H and O–H groups in total. The maximum absolute atomic E-state index is 13.1. The Morgan fingerprint density at radius 2 is 1.76 bits per heavy atom. The zero-order chi connectivity index (χ0) is 24.5. The molecule has 6 nitrogen and oxygen atoms in total. The van der Waals surface area contributed by atoms with E-state index in [1.54, 1.807) is 24.3 Å². The van der Waals surface area contributed by atoms with E-state index in [9.17, 15) is 17.6 Å². The van der Waals surface area contributed by atoms with Crippen molar-refractivity contribution in [1.29, 1.82) is 0 Å². The molecule has 0 unspecified atom stereocenters. The lowest BCUT2D eigenvalue weighted by atomic mass is 9.78.